The van der Waals surface area contributed by atoms with Crippen molar-refractivity contribution >= 4 is 24.2 Å². The maximum atomic E-state index is 12.9. The molecule has 0 bridgehead atoms. The van der Waals surface area contributed by atoms with Gasteiger partial charge in [0.15, 0.2) is 0 Å². The summed E-state index contributed by atoms with van der Waals surface area (Å²) < 4.78 is 11.3. The largest absolute Gasteiger partial charge is 0.489 e. The lowest BCUT2D eigenvalue weighted by molar-refractivity contribution is 0.0937. The van der Waals surface area contributed by atoms with E-state index in [4.69, 9.17) is 9.47 Å². The van der Waals surface area contributed by atoms with E-state index in [0.717, 1.165) is 11.1 Å². The van der Waals surface area contributed by atoms with Crippen LogP contribution >= 0.6 is 0 Å². The van der Waals surface area contributed by atoms with Crippen molar-refractivity contribution in [2.75, 3.05) is 13.2 Å². The SMILES string of the molecule is C=CCOc1cc(C(=O)N/N=C/c2ccccc2)c(OCC=C)cc1C(=O)N/N=C/c1ccccc1. The Morgan fingerprint density at radius 1 is 0.694 bits per heavy atom. The second kappa shape index (κ2) is 13.7. The third kappa shape index (κ3) is 7.53. The molecule has 0 aliphatic rings. The molecule has 0 aliphatic heterocycles. The van der Waals surface area contributed by atoms with Gasteiger partial charge in [0, 0.05) is 0 Å². The van der Waals surface area contributed by atoms with Crippen LogP contribution in [-0.2, 0) is 0 Å². The molecule has 3 rings (SSSR count). The molecule has 36 heavy (non-hydrogen) atoms. The molecule has 0 unspecified atom stereocenters. The van der Waals surface area contributed by atoms with Gasteiger partial charge in [-0.25, -0.2) is 10.9 Å². The van der Waals surface area contributed by atoms with Gasteiger partial charge in [-0.15, -0.1) is 0 Å². The van der Waals surface area contributed by atoms with Crippen LogP contribution < -0.4 is 20.3 Å². The van der Waals surface area contributed by atoms with Crippen LogP contribution in [0.4, 0.5) is 0 Å². The first-order chi connectivity index (χ1) is 17.6. The monoisotopic (exact) mass is 482 g/mol. The number of hydrogen-bond acceptors (Lipinski definition) is 6. The molecule has 8 nitrogen and oxygen atoms in total. The summed E-state index contributed by atoms with van der Waals surface area (Å²) in [5.74, 6) is -0.770. The van der Waals surface area contributed by atoms with Gasteiger partial charge >= 0.3 is 0 Å². The molecule has 0 heterocycles. The van der Waals surface area contributed by atoms with Crippen molar-refractivity contribution in [3.63, 3.8) is 0 Å². The number of hydrazone groups is 2. The fraction of sp³-hybridized carbons (Fsp3) is 0.0714. The minimum absolute atomic E-state index is 0.119. The van der Waals surface area contributed by atoms with Crippen LogP contribution in [0.15, 0.2) is 108 Å². The molecule has 182 valence electrons. The third-order valence-corrected chi connectivity index (χ3v) is 4.64. The molecule has 0 saturated heterocycles. The van der Waals surface area contributed by atoms with Crippen molar-refractivity contribution in [3.05, 3.63) is 120 Å². The Balaban J connectivity index is 1.87. The quantitative estimate of drug-likeness (QED) is 0.228. The van der Waals surface area contributed by atoms with Gasteiger partial charge in [-0.2, -0.15) is 10.2 Å². The average Bonchev–Trinajstić information content (AvgIpc) is 2.91. The average molecular weight is 483 g/mol. The summed E-state index contributed by atoms with van der Waals surface area (Å²) in [6.45, 7) is 7.51. The van der Waals surface area contributed by atoms with Gasteiger partial charge in [-0.05, 0) is 23.3 Å². The predicted octanol–water partition coefficient (Wildman–Crippen LogP) is 4.34. The molecule has 0 aromatic heterocycles. The van der Waals surface area contributed by atoms with E-state index in [-0.39, 0.29) is 35.8 Å². The zero-order valence-corrected chi connectivity index (χ0v) is 19.6. The number of amides is 2. The fourth-order valence-electron chi connectivity index (χ4n) is 2.98. The van der Waals surface area contributed by atoms with E-state index in [9.17, 15) is 9.59 Å². The molecule has 8 heteroatoms. The van der Waals surface area contributed by atoms with Crippen molar-refractivity contribution in [2.45, 2.75) is 0 Å². The van der Waals surface area contributed by atoms with Crippen molar-refractivity contribution in [1.29, 1.82) is 0 Å². The van der Waals surface area contributed by atoms with Crippen LogP contribution in [-0.4, -0.2) is 37.5 Å². The van der Waals surface area contributed by atoms with Crippen molar-refractivity contribution in [1.82, 2.24) is 10.9 Å². The normalized spacial score (nSPS) is 10.7. The first-order valence-electron chi connectivity index (χ1n) is 11.0. The fourth-order valence-corrected chi connectivity index (χ4v) is 2.98. The van der Waals surface area contributed by atoms with Crippen LogP contribution in [0.5, 0.6) is 11.5 Å². The minimum Gasteiger partial charge on any atom is -0.489 e. The molecular formula is C28H26N4O4. The standard InChI is InChI=1S/C28H26N4O4/c1-3-15-35-25-17-24(28(34)32-30-20-22-13-9-6-10-14-22)26(36-16-4-2)18-23(25)27(33)31-29-19-21-11-7-5-8-12-21/h3-14,17-20H,1-2,15-16H2,(H,31,33)(H,32,34)/b29-19+,30-20+. The number of carbonyl (C=O) groups excluding carboxylic acids is 2. The number of rotatable bonds is 12. The van der Waals surface area contributed by atoms with E-state index >= 15 is 0 Å². The molecular weight excluding hydrogens is 456 g/mol. The smallest absolute Gasteiger partial charge is 0.275 e. The molecule has 0 atom stereocenters. The van der Waals surface area contributed by atoms with E-state index < -0.39 is 11.8 Å². The van der Waals surface area contributed by atoms with Crippen LogP contribution in [0, 0.1) is 0 Å². The Hall–Kier alpha value is -4.98. The first kappa shape index (κ1) is 25.6. The molecule has 2 amide bonds. The molecule has 3 aromatic rings. The van der Waals surface area contributed by atoms with Gasteiger partial charge in [0.25, 0.3) is 11.8 Å². The molecule has 0 aliphatic carbocycles. The number of nitrogens with zero attached hydrogens (tertiary/aromatic N) is 2. The van der Waals surface area contributed by atoms with Crippen molar-refractivity contribution in [3.8, 4) is 11.5 Å². The summed E-state index contributed by atoms with van der Waals surface area (Å²) in [6, 6.07) is 21.5. The lowest BCUT2D eigenvalue weighted by atomic mass is 10.1. The Morgan fingerprint density at radius 2 is 1.08 bits per heavy atom. The van der Waals surface area contributed by atoms with Gasteiger partial charge in [0.2, 0.25) is 0 Å². The summed E-state index contributed by atoms with van der Waals surface area (Å²) in [4.78, 5) is 25.8. The molecule has 0 saturated carbocycles. The van der Waals surface area contributed by atoms with Gasteiger partial charge in [0.1, 0.15) is 24.7 Å². The predicted molar refractivity (Wildman–Crippen MR) is 141 cm³/mol. The van der Waals surface area contributed by atoms with E-state index in [1.54, 1.807) is 0 Å². The van der Waals surface area contributed by atoms with Crippen LogP contribution in [0.3, 0.4) is 0 Å². The summed E-state index contributed by atoms with van der Waals surface area (Å²) in [5, 5.41) is 8.00. The van der Waals surface area contributed by atoms with E-state index in [0.29, 0.717) is 0 Å². The molecule has 0 radical (unpaired) electrons. The van der Waals surface area contributed by atoms with Crippen molar-refractivity contribution < 1.29 is 19.1 Å². The lowest BCUT2D eigenvalue weighted by Crippen LogP contribution is -2.22. The maximum Gasteiger partial charge on any atom is 0.275 e. The highest BCUT2D eigenvalue weighted by atomic mass is 16.5. The summed E-state index contributed by atoms with van der Waals surface area (Å²) in [6.07, 6.45) is 6.09. The summed E-state index contributed by atoms with van der Waals surface area (Å²) >= 11 is 0. The molecule has 3 aromatic carbocycles. The number of hydrogen-bond donors (Lipinski definition) is 2. The number of benzene rings is 3. The zero-order valence-electron chi connectivity index (χ0n) is 19.6. The van der Waals surface area contributed by atoms with Crippen LogP contribution in [0.2, 0.25) is 0 Å². The first-order valence-corrected chi connectivity index (χ1v) is 11.0. The van der Waals surface area contributed by atoms with Crippen LogP contribution in [0.1, 0.15) is 31.8 Å². The van der Waals surface area contributed by atoms with Gasteiger partial charge in [0.05, 0.1) is 23.6 Å². The summed E-state index contributed by atoms with van der Waals surface area (Å²) in [5.41, 5.74) is 6.84. The maximum absolute atomic E-state index is 12.9. The zero-order chi connectivity index (χ0) is 25.6. The third-order valence-electron chi connectivity index (χ3n) is 4.64. The van der Waals surface area contributed by atoms with Crippen molar-refractivity contribution in [2.24, 2.45) is 10.2 Å². The molecule has 0 fully saturated rings. The minimum atomic E-state index is -0.543. The molecule has 0 spiro atoms. The van der Waals surface area contributed by atoms with Crippen LogP contribution in [0.25, 0.3) is 0 Å². The van der Waals surface area contributed by atoms with E-state index in [1.165, 1.54) is 36.7 Å². The van der Waals surface area contributed by atoms with Gasteiger partial charge < -0.3 is 9.47 Å². The number of carbonyl (C=O) groups is 2. The second-order valence-corrected chi connectivity index (χ2v) is 7.26. The second-order valence-electron chi connectivity index (χ2n) is 7.26. The Labute approximate surface area is 209 Å². The highest BCUT2D eigenvalue weighted by molar-refractivity contribution is 6.02. The lowest BCUT2D eigenvalue weighted by Gasteiger charge is -2.15. The Bertz CT molecular complexity index is 1160. The number of nitrogens with one attached hydrogen (secondary N) is 2. The van der Waals surface area contributed by atoms with E-state index in [1.807, 2.05) is 60.7 Å². The highest BCUT2D eigenvalue weighted by Crippen LogP contribution is 2.30. The summed E-state index contributed by atoms with van der Waals surface area (Å²) in [7, 11) is 0. The Morgan fingerprint density at radius 3 is 1.44 bits per heavy atom. The van der Waals surface area contributed by atoms with Gasteiger partial charge in [-0.3, -0.25) is 9.59 Å². The number of ether oxygens (including phenoxy) is 2. The Kier molecular flexibility index (Phi) is 9.73. The molecule has 2 N–H and O–H groups in total. The van der Waals surface area contributed by atoms with Gasteiger partial charge in [-0.1, -0.05) is 86.0 Å². The topological polar surface area (TPSA) is 101 Å². The highest BCUT2D eigenvalue weighted by Gasteiger charge is 2.21. The van der Waals surface area contributed by atoms with E-state index in [2.05, 4.69) is 34.2 Å².